The molecule has 0 fully saturated rings. The molecule has 3 N–H and O–H groups in total. The van der Waals surface area contributed by atoms with Gasteiger partial charge in [0.05, 0.1) is 16.8 Å². The fourth-order valence-corrected chi connectivity index (χ4v) is 7.01. The Labute approximate surface area is 180 Å². The molecule has 0 aliphatic carbocycles. The molecule has 2 aromatic rings. The summed E-state index contributed by atoms with van der Waals surface area (Å²) in [5.74, 6) is -0.498. The lowest BCUT2D eigenvalue weighted by molar-refractivity contribution is 0.0174. The highest BCUT2D eigenvalue weighted by atomic mass is 32.2. The van der Waals surface area contributed by atoms with Gasteiger partial charge in [0, 0.05) is 36.8 Å². The van der Waals surface area contributed by atoms with E-state index in [4.69, 9.17) is 5.73 Å². The van der Waals surface area contributed by atoms with Crippen LogP contribution in [0.3, 0.4) is 0 Å². The van der Waals surface area contributed by atoms with Crippen LogP contribution in [-0.2, 0) is 9.84 Å². The zero-order valence-electron chi connectivity index (χ0n) is 18.4. The molecule has 3 atom stereocenters. The number of hydrogen-bond acceptors (Lipinski definition) is 5. The minimum atomic E-state index is -3.56. The van der Waals surface area contributed by atoms with Crippen molar-refractivity contribution in [3.05, 3.63) is 53.6 Å². The first kappa shape index (κ1) is 22.6. The van der Waals surface area contributed by atoms with Gasteiger partial charge in [-0.15, -0.1) is 0 Å². The third kappa shape index (κ3) is 4.08. The molecule has 0 amide bonds. The van der Waals surface area contributed by atoms with Crippen LogP contribution in [0.25, 0.3) is 0 Å². The van der Waals surface area contributed by atoms with Gasteiger partial charge >= 0.3 is 0 Å². The molecule has 0 bridgehead atoms. The predicted molar refractivity (Wildman–Crippen MR) is 124 cm³/mol. The van der Waals surface area contributed by atoms with E-state index in [1.807, 2.05) is 62.3 Å². The summed E-state index contributed by atoms with van der Waals surface area (Å²) in [4.78, 5) is 2.27. The molecule has 0 spiro atoms. The molecule has 3 rings (SSSR count). The molecule has 30 heavy (non-hydrogen) atoms. The number of benzene rings is 2. The molecule has 5 nitrogen and oxygen atoms in total. The summed E-state index contributed by atoms with van der Waals surface area (Å²) >= 11 is 0. The normalized spacial score (nSPS) is 25.4. The zero-order chi connectivity index (χ0) is 22.1. The van der Waals surface area contributed by atoms with Gasteiger partial charge in [-0.1, -0.05) is 38.8 Å². The molecule has 1 aliphatic rings. The number of sulfone groups is 1. The van der Waals surface area contributed by atoms with Gasteiger partial charge in [-0.2, -0.15) is 0 Å². The van der Waals surface area contributed by atoms with Gasteiger partial charge in [-0.3, -0.25) is 0 Å². The Kier molecular flexibility index (Phi) is 6.48. The van der Waals surface area contributed by atoms with E-state index >= 15 is 0 Å². The molecule has 6 heteroatoms. The van der Waals surface area contributed by atoms with Crippen molar-refractivity contribution in [1.29, 1.82) is 0 Å². The van der Waals surface area contributed by atoms with Crippen molar-refractivity contribution >= 4 is 21.2 Å². The molecule has 1 heterocycles. The average Bonchev–Trinajstić information content (AvgIpc) is 2.77. The van der Waals surface area contributed by atoms with Crippen molar-refractivity contribution in [1.82, 2.24) is 0 Å². The predicted octanol–water partition coefficient (Wildman–Crippen LogP) is 4.20. The second-order valence-corrected chi connectivity index (χ2v) is 10.7. The van der Waals surface area contributed by atoms with Gasteiger partial charge < -0.3 is 15.7 Å². The Bertz CT molecular complexity index is 1000. The minimum absolute atomic E-state index is 0.0369. The molecule has 0 aromatic heterocycles. The number of nitrogen functional groups attached to an aromatic ring is 1. The number of aliphatic hydroxyl groups is 1. The van der Waals surface area contributed by atoms with E-state index in [0.29, 0.717) is 29.0 Å². The molecule has 1 aliphatic heterocycles. The maximum absolute atomic E-state index is 13.6. The number of fused-ring (bicyclic) bond motifs is 1. The monoisotopic (exact) mass is 430 g/mol. The molecule has 0 saturated heterocycles. The number of nitrogens with two attached hydrogens (primary N) is 1. The summed E-state index contributed by atoms with van der Waals surface area (Å²) < 4.78 is 27.1. The van der Waals surface area contributed by atoms with Gasteiger partial charge in [-0.25, -0.2) is 8.42 Å². The Morgan fingerprint density at radius 3 is 2.50 bits per heavy atom. The van der Waals surface area contributed by atoms with Crippen LogP contribution in [0.2, 0.25) is 0 Å². The number of aliphatic hydroxyl groups excluding tert-OH is 1. The van der Waals surface area contributed by atoms with Crippen LogP contribution in [0.5, 0.6) is 0 Å². The van der Waals surface area contributed by atoms with E-state index in [1.54, 1.807) is 6.07 Å². The van der Waals surface area contributed by atoms with Crippen LogP contribution in [0, 0.1) is 5.41 Å². The van der Waals surface area contributed by atoms with E-state index in [9.17, 15) is 13.5 Å². The second kappa shape index (κ2) is 8.60. The second-order valence-electron chi connectivity index (χ2n) is 8.79. The Morgan fingerprint density at radius 1 is 1.17 bits per heavy atom. The van der Waals surface area contributed by atoms with Crippen molar-refractivity contribution in [2.24, 2.45) is 5.41 Å². The van der Waals surface area contributed by atoms with E-state index in [0.717, 1.165) is 24.1 Å². The van der Waals surface area contributed by atoms with Crippen molar-refractivity contribution in [3.8, 4) is 0 Å². The summed E-state index contributed by atoms with van der Waals surface area (Å²) in [6.07, 6.45) is 2.27. The van der Waals surface area contributed by atoms with Crippen molar-refractivity contribution < 1.29 is 13.5 Å². The third-order valence-electron chi connectivity index (χ3n) is 6.60. The Morgan fingerprint density at radius 2 is 1.90 bits per heavy atom. The van der Waals surface area contributed by atoms with Crippen LogP contribution in [-0.4, -0.2) is 39.5 Å². The van der Waals surface area contributed by atoms with Crippen LogP contribution >= 0.6 is 0 Å². The van der Waals surface area contributed by atoms with Gasteiger partial charge in [0.25, 0.3) is 0 Å². The van der Waals surface area contributed by atoms with E-state index in [-0.39, 0.29) is 5.75 Å². The molecule has 2 aromatic carbocycles. The van der Waals surface area contributed by atoms with Crippen LogP contribution in [0.4, 0.5) is 11.4 Å². The lowest BCUT2D eigenvalue weighted by Crippen LogP contribution is -2.42. The fraction of sp³-hybridized carbons (Fsp3) is 0.500. The largest absolute Gasteiger partial charge is 0.399 e. The number of nitrogens with zero attached hydrogens (tertiary/aromatic N) is 1. The number of rotatable bonds is 6. The van der Waals surface area contributed by atoms with Crippen molar-refractivity contribution in [3.63, 3.8) is 0 Å². The van der Waals surface area contributed by atoms with E-state index in [1.165, 1.54) is 0 Å². The quantitative estimate of drug-likeness (QED) is 0.671. The number of hydrogen-bond donors (Lipinski definition) is 2. The summed E-state index contributed by atoms with van der Waals surface area (Å²) in [5.41, 5.74) is 8.39. The third-order valence-corrected chi connectivity index (χ3v) is 8.60. The van der Waals surface area contributed by atoms with Gasteiger partial charge in [0.1, 0.15) is 0 Å². The first-order chi connectivity index (χ1) is 14.1. The maximum Gasteiger partial charge on any atom is 0.179 e. The maximum atomic E-state index is 13.6. The highest BCUT2D eigenvalue weighted by molar-refractivity contribution is 7.91. The standard InChI is InChI=1S/C24H34N2O3S/c1-5-7-13-24(6-2)16-30(28,29)21-12-11-19(26(3)4)15-20(21)22(23(24)27)17-9-8-10-18(25)14-17/h8-12,14-15,22-23,27H,5-7,13,16,25H2,1-4H3/t22-,23-,24-/m0/s1. The molecule has 0 unspecified atom stereocenters. The van der Waals surface area contributed by atoms with Gasteiger partial charge in [0.15, 0.2) is 9.84 Å². The van der Waals surface area contributed by atoms with Gasteiger partial charge in [0.2, 0.25) is 0 Å². The summed E-state index contributed by atoms with van der Waals surface area (Å²) in [7, 11) is 0.289. The van der Waals surface area contributed by atoms with E-state index in [2.05, 4.69) is 6.92 Å². The number of unbranched alkanes of at least 4 members (excludes halogenated alkanes) is 1. The highest BCUT2D eigenvalue weighted by Gasteiger charge is 2.49. The highest BCUT2D eigenvalue weighted by Crippen LogP contribution is 2.49. The van der Waals surface area contributed by atoms with Crippen LogP contribution in [0.15, 0.2) is 47.4 Å². The molecular formula is C24H34N2O3S. The SMILES string of the molecule is CCCC[C@@]1(CC)CS(=O)(=O)c2ccc(N(C)C)cc2[C@H](c2cccc(N)c2)[C@@H]1O. The Hall–Kier alpha value is -2.05. The van der Waals surface area contributed by atoms with Gasteiger partial charge in [-0.05, 0) is 54.3 Å². The molecule has 0 saturated carbocycles. The first-order valence-electron chi connectivity index (χ1n) is 10.7. The fourth-order valence-electron chi connectivity index (χ4n) is 4.76. The van der Waals surface area contributed by atoms with Crippen LogP contribution in [0.1, 0.15) is 56.6 Å². The topological polar surface area (TPSA) is 83.6 Å². The van der Waals surface area contributed by atoms with E-state index < -0.39 is 27.3 Å². The summed E-state index contributed by atoms with van der Waals surface area (Å²) in [6, 6.07) is 12.9. The summed E-state index contributed by atoms with van der Waals surface area (Å²) in [6.45, 7) is 4.08. The van der Waals surface area contributed by atoms with Crippen molar-refractivity contribution in [2.45, 2.75) is 56.4 Å². The molecule has 0 radical (unpaired) electrons. The zero-order valence-corrected chi connectivity index (χ0v) is 19.2. The smallest absolute Gasteiger partial charge is 0.179 e. The Balaban J connectivity index is 2.32. The minimum Gasteiger partial charge on any atom is -0.399 e. The molecule has 164 valence electrons. The summed E-state index contributed by atoms with van der Waals surface area (Å²) in [5, 5.41) is 11.8. The average molecular weight is 431 g/mol. The van der Waals surface area contributed by atoms with Crippen LogP contribution < -0.4 is 10.6 Å². The number of anilines is 2. The van der Waals surface area contributed by atoms with Crippen molar-refractivity contribution in [2.75, 3.05) is 30.5 Å². The first-order valence-corrected chi connectivity index (χ1v) is 12.4. The molecular weight excluding hydrogens is 396 g/mol. The lowest BCUT2D eigenvalue weighted by Gasteiger charge is -2.39. The lowest BCUT2D eigenvalue weighted by atomic mass is 9.69.